The molecule has 5 heteroatoms. The summed E-state index contributed by atoms with van der Waals surface area (Å²) in [4.78, 5) is 13.0. The third-order valence-electron chi connectivity index (χ3n) is 1.48. The first-order valence-corrected chi connectivity index (χ1v) is 5.48. The van der Waals surface area contributed by atoms with Crippen LogP contribution in [0.1, 0.15) is 0 Å². The van der Waals surface area contributed by atoms with Crippen molar-refractivity contribution < 1.29 is 9.53 Å². The minimum Gasteiger partial charge on any atom is -0.418 e. The Bertz CT molecular complexity index is 352. The van der Waals surface area contributed by atoms with Crippen LogP contribution in [0.3, 0.4) is 0 Å². The summed E-state index contributed by atoms with van der Waals surface area (Å²) in [7, 11) is 3.57. The molecule has 0 aliphatic carbocycles. The molecule has 0 atom stereocenters. The maximum atomic E-state index is 11.4. The molecule has 1 aromatic rings. The predicted molar refractivity (Wildman–Crippen MR) is 66.3 cm³/mol. The second kappa shape index (κ2) is 5.72. The van der Waals surface area contributed by atoms with Crippen LogP contribution in [0.25, 0.3) is 0 Å². The Labute approximate surface area is 98.4 Å². The van der Waals surface area contributed by atoms with Crippen molar-refractivity contribution in [3.8, 4) is 5.75 Å². The maximum Gasteiger partial charge on any atom is 0.379 e. The predicted octanol–water partition coefficient (Wildman–Crippen LogP) is 2.77. The molecule has 0 aliphatic heterocycles. The molecule has 0 N–H and O–H groups in total. The molecule has 0 bridgehead atoms. The van der Waals surface area contributed by atoms with Crippen LogP contribution in [0.2, 0.25) is 0 Å². The van der Waals surface area contributed by atoms with Crippen LogP contribution >= 0.6 is 24.0 Å². The van der Waals surface area contributed by atoms with Crippen LogP contribution < -0.4 is 4.74 Å². The third kappa shape index (κ3) is 4.31. The van der Waals surface area contributed by atoms with E-state index in [9.17, 15) is 4.79 Å². The van der Waals surface area contributed by atoms with Gasteiger partial charge >= 0.3 is 5.30 Å². The number of nitrogens with zero attached hydrogens (tertiary/aromatic N) is 1. The van der Waals surface area contributed by atoms with Crippen molar-refractivity contribution >= 4 is 33.6 Å². The molecule has 15 heavy (non-hydrogen) atoms. The van der Waals surface area contributed by atoms with Gasteiger partial charge in [0.25, 0.3) is 0 Å². The molecule has 0 radical (unpaired) electrons. The van der Waals surface area contributed by atoms with Crippen LogP contribution in [0.15, 0.2) is 30.3 Å². The van der Waals surface area contributed by atoms with Gasteiger partial charge in [-0.05, 0) is 12.1 Å². The molecular weight excluding hydrogens is 230 g/mol. The highest BCUT2D eigenvalue weighted by Crippen LogP contribution is 2.15. The first kappa shape index (κ1) is 12.0. The highest BCUT2D eigenvalue weighted by atomic mass is 32.2. The third-order valence-corrected chi connectivity index (χ3v) is 2.89. The summed E-state index contributed by atoms with van der Waals surface area (Å²) >= 11 is 5.86. The van der Waals surface area contributed by atoms with Gasteiger partial charge in [-0.1, -0.05) is 30.4 Å². The van der Waals surface area contributed by atoms with Gasteiger partial charge < -0.3 is 9.64 Å². The lowest BCUT2D eigenvalue weighted by atomic mass is 10.3. The number of hydrogen-bond donors (Lipinski definition) is 0. The highest BCUT2D eigenvalue weighted by molar-refractivity contribution is 8.32. The van der Waals surface area contributed by atoms with Gasteiger partial charge in [0, 0.05) is 25.9 Å². The van der Waals surface area contributed by atoms with E-state index < -0.39 is 5.30 Å². The molecule has 1 aromatic carbocycles. The minimum absolute atomic E-state index is 0.417. The second-order valence-corrected chi connectivity index (χ2v) is 4.50. The van der Waals surface area contributed by atoms with Gasteiger partial charge in [0.1, 0.15) is 10.1 Å². The summed E-state index contributed by atoms with van der Waals surface area (Å²) in [5.74, 6) is 0.525. The Morgan fingerprint density at radius 2 is 1.93 bits per heavy atom. The molecule has 0 heterocycles. The fraction of sp³-hybridized carbons (Fsp3) is 0.200. The zero-order valence-corrected chi connectivity index (χ0v) is 10.1. The van der Waals surface area contributed by atoms with Crippen LogP contribution in [0.4, 0.5) is 4.79 Å². The van der Waals surface area contributed by atoms with E-state index in [2.05, 4.69) is 0 Å². The van der Waals surface area contributed by atoms with Crippen molar-refractivity contribution in [2.75, 3.05) is 14.1 Å². The van der Waals surface area contributed by atoms with Crippen molar-refractivity contribution in [2.24, 2.45) is 0 Å². The van der Waals surface area contributed by atoms with Crippen LogP contribution in [-0.2, 0) is 0 Å². The molecule has 0 saturated carbocycles. The summed E-state index contributed by atoms with van der Waals surface area (Å²) in [5, 5.41) is -0.417. The lowest BCUT2D eigenvalue weighted by molar-refractivity contribution is 0.227. The Balaban J connectivity index is 2.47. The van der Waals surface area contributed by atoms with E-state index in [1.165, 1.54) is 0 Å². The molecule has 0 aromatic heterocycles. The van der Waals surface area contributed by atoms with Crippen molar-refractivity contribution in [3.63, 3.8) is 0 Å². The normalized spacial score (nSPS) is 9.47. The number of ether oxygens (including phenoxy) is 1. The van der Waals surface area contributed by atoms with Crippen molar-refractivity contribution in [2.45, 2.75) is 0 Å². The summed E-state index contributed by atoms with van der Waals surface area (Å²) in [6.45, 7) is 0. The summed E-state index contributed by atoms with van der Waals surface area (Å²) in [6.07, 6.45) is 0. The summed E-state index contributed by atoms with van der Waals surface area (Å²) < 4.78 is 5.53. The van der Waals surface area contributed by atoms with Gasteiger partial charge in [0.15, 0.2) is 0 Å². The molecule has 1 rings (SSSR count). The van der Waals surface area contributed by atoms with Crippen molar-refractivity contribution in [1.29, 1.82) is 0 Å². The second-order valence-electron chi connectivity index (χ2n) is 2.93. The number of benzene rings is 1. The molecule has 80 valence electrons. The summed E-state index contributed by atoms with van der Waals surface area (Å²) in [6, 6.07) is 8.90. The highest BCUT2D eigenvalue weighted by Gasteiger charge is 2.10. The van der Waals surface area contributed by atoms with E-state index >= 15 is 0 Å². The van der Waals surface area contributed by atoms with E-state index in [1.807, 2.05) is 6.07 Å². The minimum atomic E-state index is -0.417. The molecule has 0 aliphatic rings. The number of para-hydroxylation sites is 1. The number of hydrogen-bond acceptors (Lipinski definition) is 4. The first-order chi connectivity index (χ1) is 7.09. The van der Waals surface area contributed by atoms with E-state index in [0.29, 0.717) is 10.1 Å². The van der Waals surface area contributed by atoms with Gasteiger partial charge in [-0.3, -0.25) is 0 Å². The monoisotopic (exact) mass is 241 g/mol. The standard InChI is InChI=1S/C10H11NO2S2/c1-11(2)9(14)15-10(12)13-8-6-4-3-5-7-8/h3-7H,1-2H3. The van der Waals surface area contributed by atoms with Crippen molar-refractivity contribution in [3.05, 3.63) is 30.3 Å². The summed E-state index contributed by atoms with van der Waals surface area (Å²) in [5.41, 5.74) is 0. The van der Waals surface area contributed by atoms with Gasteiger partial charge in [-0.15, -0.1) is 0 Å². The number of thiocarbonyl (C=S) groups is 1. The number of carbonyl (C=O) groups is 1. The molecule has 0 amide bonds. The molecule has 0 unspecified atom stereocenters. The Hall–Kier alpha value is -1.07. The van der Waals surface area contributed by atoms with Gasteiger partial charge in [-0.2, -0.15) is 0 Å². The fourth-order valence-electron chi connectivity index (χ4n) is 0.768. The average Bonchev–Trinajstić information content (AvgIpc) is 2.18. The number of carbonyl (C=O) groups excluding carboxylic acids is 1. The zero-order valence-electron chi connectivity index (χ0n) is 8.47. The Kier molecular flexibility index (Phi) is 4.58. The molecule has 0 fully saturated rings. The first-order valence-electron chi connectivity index (χ1n) is 4.25. The number of thioether (sulfide) groups is 1. The fourth-order valence-corrected chi connectivity index (χ4v) is 1.44. The van der Waals surface area contributed by atoms with E-state index in [1.54, 1.807) is 43.3 Å². The maximum absolute atomic E-state index is 11.4. The quantitative estimate of drug-likeness (QED) is 0.557. The van der Waals surface area contributed by atoms with E-state index in [-0.39, 0.29) is 0 Å². The molecular formula is C10H11NO2S2. The smallest absolute Gasteiger partial charge is 0.379 e. The number of rotatable bonds is 1. The topological polar surface area (TPSA) is 29.5 Å². The van der Waals surface area contributed by atoms with Crippen LogP contribution in [-0.4, -0.2) is 28.6 Å². The lowest BCUT2D eigenvalue weighted by Gasteiger charge is -2.11. The largest absolute Gasteiger partial charge is 0.418 e. The van der Waals surface area contributed by atoms with Gasteiger partial charge in [-0.25, -0.2) is 4.79 Å². The van der Waals surface area contributed by atoms with E-state index in [0.717, 1.165) is 11.8 Å². The van der Waals surface area contributed by atoms with Crippen LogP contribution in [0, 0.1) is 0 Å². The molecule has 0 saturated heterocycles. The molecule has 3 nitrogen and oxygen atoms in total. The van der Waals surface area contributed by atoms with E-state index in [4.69, 9.17) is 17.0 Å². The lowest BCUT2D eigenvalue weighted by Crippen LogP contribution is -2.18. The van der Waals surface area contributed by atoms with Crippen LogP contribution in [0.5, 0.6) is 5.75 Å². The van der Waals surface area contributed by atoms with Crippen molar-refractivity contribution in [1.82, 2.24) is 4.90 Å². The van der Waals surface area contributed by atoms with Gasteiger partial charge in [0.05, 0.1) is 0 Å². The van der Waals surface area contributed by atoms with Gasteiger partial charge in [0.2, 0.25) is 0 Å². The molecule has 0 spiro atoms. The Morgan fingerprint density at radius 1 is 1.33 bits per heavy atom. The zero-order chi connectivity index (χ0) is 11.3. The Morgan fingerprint density at radius 3 is 2.47 bits per heavy atom. The average molecular weight is 241 g/mol. The SMILES string of the molecule is CN(C)C(=S)SC(=O)Oc1ccccc1.